The summed E-state index contributed by atoms with van der Waals surface area (Å²) in [6, 6.07) is 9.04. The number of rotatable bonds is 11. The standard InChI is InChI=1S/C25H32BrCl2N3O4S/c1-6-17(4)29-25(33)23(7-2)30(14-18-8-9-19(27)13-22(18)28)24(32)15-31(36(5,34)35)20-10-11-21(26)16(3)12-20/h8-13,17,23H,6-7,14-15H2,1-5H3,(H,29,33). The van der Waals surface area contributed by atoms with E-state index in [1.54, 1.807) is 43.3 Å². The fourth-order valence-corrected chi connectivity index (χ4v) is 5.15. The Kier molecular flexibility index (Phi) is 11.1. The van der Waals surface area contributed by atoms with E-state index in [-0.39, 0.29) is 18.5 Å². The maximum absolute atomic E-state index is 13.7. The van der Waals surface area contributed by atoms with Crippen LogP contribution in [0.2, 0.25) is 10.0 Å². The number of hydrogen-bond donors (Lipinski definition) is 1. The Morgan fingerprint density at radius 2 is 1.75 bits per heavy atom. The number of halogens is 3. The third-order valence-corrected chi connectivity index (χ3v) is 8.47. The number of hydrogen-bond acceptors (Lipinski definition) is 4. The van der Waals surface area contributed by atoms with Crippen molar-refractivity contribution in [3.8, 4) is 0 Å². The minimum Gasteiger partial charge on any atom is -0.352 e. The highest BCUT2D eigenvalue weighted by Gasteiger charge is 2.32. The highest BCUT2D eigenvalue weighted by atomic mass is 79.9. The van der Waals surface area contributed by atoms with Crippen LogP contribution in [0, 0.1) is 6.92 Å². The molecule has 2 atom stereocenters. The van der Waals surface area contributed by atoms with Crippen molar-refractivity contribution in [2.24, 2.45) is 0 Å². The lowest BCUT2D eigenvalue weighted by Crippen LogP contribution is -2.53. The van der Waals surface area contributed by atoms with Crippen LogP contribution in [0.15, 0.2) is 40.9 Å². The van der Waals surface area contributed by atoms with Gasteiger partial charge in [0.25, 0.3) is 0 Å². The number of nitrogens with zero attached hydrogens (tertiary/aromatic N) is 2. The molecule has 2 aromatic carbocycles. The van der Waals surface area contributed by atoms with E-state index in [0.29, 0.717) is 27.7 Å². The van der Waals surface area contributed by atoms with E-state index in [0.717, 1.165) is 27.0 Å². The summed E-state index contributed by atoms with van der Waals surface area (Å²) in [4.78, 5) is 28.3. The van der Waals surface area contributed by atoms with E-state index in [9.17, 15) is 18.0 Å². The van der Waals surface area contributed by atoms with Gasteiger partial charge in [0.1, 0.15) is 12.6 Å². The van der Waals surface area contributed by atoms with Gasteiger partial charge in [0, 0.05) is 27.1 Å². The predicted octanol–water partition coefficient (Wildman–Crippen LogP) is 5.55. The number of sulfonamides is 1. The molecule has 0 aliphatic heterocycles. The Labute approximate surface area is 232 Å². The molecular formula is C25H32BrCl2N3O4S. The zero-order valence-electron chi connectivity index (χ0n) is 21.0. The molecule has 7 nitrogen and oxygen atoms in total. The Bertz CT molecular complexity index is 1210. The maximum atomic E-state index is 13.7. The van der Waals surface area contributed by atoms with Gasteiger partial charge in [0.05, 0.1) is 11.9 Å². The molecule has 198 valence electrons. The largest absolute Gasteiger partial charge is 0.352 e. The van der Waals surface area contributed by atoms with Crippen molar-refractivity contribution < 1.29 is 18.0 Å². The Hall–Kier alpha value is -1.81. The predicted molar refractivity (Wildman–Crippen MR) is 150 cm³/mol. The monoisotopic (exact) mass is 619 g/mol. The number of carbonyl (C=O) groups is 2. The van der Waals surface area contributed by atoms with Crippen molar-refractivity contribution in [3.05, 3.63) is 62.0 Å². The van der Waals surface area contributed by atoms with E-state index in [1.165, 1.54) is 4.90 Å². The molecule has 0 heterocycles. The molecule has 0 saturated heterocycles. The summed E-state index contributed by atoms with van der Waals surface area (Å²) < 4.78 is 27.3. The van der Waals surface area contributed by atoms with Gasteiger partial charge >= 0.3 is 0 Å². The molecule has 0 bridgehead atoms. The van der Waals surface area contributed by atoms with Gasteiger partial charge < -0.3 is 10.2 Å². The summed E-state index contributed by atoms with van der Waals surface area (Å²) in [5.41, 5.74) is 1.76. The summed E-state index contributed by atoms with van der Waals surface area (Å²) in [6.45, 7) is 7.01. The molecule has 0 saturated carbocycles. The fraction of sp³-hybridized carbons (Fsp3) is 0.440. The maximum Gasteiger partial charge on any atom is 0.244 e. The summed E-state index contributed by atoms with van der Waals surface area (Å²) >= 11 is 15.8. The molecule has 2 aromatic rings. The third kappa shape index (κ3) is 8.10. The van der Waals surface area contributed by atoms with Crippen molar-refractivity contribution in [3.63, 3.8) is 0 Å². The van der Waals surface area contributed by atoms with Crippen LogP contribution < -0.4 is 9.62 Å². The minimum absolute atomic E-state index is 0.0121. The molecule has 0 aromatic heterocycles. The molecule has 11 heteroatoms. The quantitative estimate of drug-likeness (QED) is 0.357. The fourth-order valence-electron chi connectivity index (χ4n) is 3.59. The third-order valence-electron chi connectivity index (χ3n) is 5.85. The molecule has 0 aliphatic carbocycles. The van der Waals surface area contributed by atoms with E-state index < -0.39 is 28.5 Å². The van der Waals surface area contributed by atoms with Gasteiger partial charge in [-0.05, 0) is 68.1 Å². The number of aryl methyl sites for hydroxylation is 1. The highest BCUT2D eigenvalue weighted by molar-refractivity contribution is 9.10. The lowest BCUT2D eigenvalue weighted by atomic mass is 10.1. The van der Waals surface area contributed by atoms with Gasteiger partial charge in [-0.15, -0.1) is 0 Å². The number of amides is 2. The van der Waals surface area contributed by atoms with Crippen LogP contribution in [-0.2, 0) is 26.2 Å². The van der Waals surface area contributed by atoms with Crippen LogP contribution in [0.4, 0.5) is 5.69 Å². The second-order valence-corrected chi connectivity index (χ2v) is 12.3. The molecule has 1 N–H and O–H groups in total. The molecule has 2 unspecified atom stereocenters. The van der Waals surface area contributed by atoms with Crippen molar-refractivity contribution in [2.75, 3.05) is 17.1 Å². The lowest BCUT2D eigenvalue weighted by molar-refractivity contribution is -0.140. The summed E-state index contributed by atoms with van der Waals surface area (Å²) in [7, 11) is -3.81. The van der Waals surface area contributed by atoms with Gasteiger partial charge in [-0.2, -0.15) is 0 Å². The summed E-state index contributed by atoms with van der Waals surface area (Å²) in [6.07, 6.45) is 2.10. The normalized spacial score (nSPS) is 13.1. The summed E-state index contributed by atoms with van der Waals surface area (Å²) in [5.74, 6) is -0.839. The Balaban J connectivity index is 2.50. The minimum atomic E-state index is -3.81. The molecule has 0 fully saturated rings. The first-order chi connectivity index (χ1) is 16.8. The molecule has 2 amide bonds. The number of nitrogens with one attached hydrogen (secondary N) is 1. The topological polar surface area (TPSA) is 86.8 Å². The first-order valence-electron chi connectivity index (χ1n) is 11.6. The molecule has 0 spiro atoms. The molecular weight excluding hydrogens is 589 g/mol. The lowest BCUT2D eigenvalue weighted by Gasteiger charge is -2.33. The van der Waals surface area contributed by atoms with Crippen LogP contribution >= 0.6 is 39.1 Å². The van der Waals surface area contributed by atoms with Crippen LogP contribution in [0.25, 0.3) is 0 Å². The molecule has 2 rings (SSSR count). The average Bonchev–Trinajstić information content (AvgIpc) is 2.79. The van der Waals surface area contributed by atoms with Crippen LogP contribution in [0.1, 0.15) is 44.7 Å². The highest BCUT2D eigenvalue weighted by Crippen LogP contribution is 2.27. The van der Waals surface area contributed by atoms with Crippen molar-refractivity contribution in [1.29, 1.82) is 0 Å². The van der Waals surface area contributed by atoms with E-state index in [4.69, 9.17) is 23.2 Å². The Morgan fingerprint density at radius 3 is 2.28 bits per heavy atom. The average molecular weight is 621 g/mol. The van der Waals surface area contributed by atoms with Gasteiger partial charge in [-0.3, -0.25) is 13.9 Å². The van der Waals surface area contributed by atoms with Crippen LogP contribution in [0.5, 0.6) is 0 Å². The van der Waals surface area contributed by atoms with Crippen LogP contribution in [-0.4, -0.2) is 50.0 Å². The first-order valence-corrected chi connectivity index (χ1v) is 15.0. The van der Waals surface area contributed by atoms with E-state index in [2.05, 4.69) is 21.2 Å². The van der Waals surface area contributed by atoms with Crippen molar-refractivity contribution in [2.45, 2.75) is 59.2 Å². The zero-order valence-corrected chi connectivity index (χ0v) is 24.9. The Morgan fingerprint density at radius 1 is 1.08 bits per heavy atom. The number of benzene rings is 2. The molecule has 36 heavy (non-hydrogen) atoms. The van der Waals surface area contributed by atoms with Crippen molar-refractivity contribution in [1.82, 2.24) is 10.2 Å². The van der Waals surface area contributed by atoms with E-state index in [1.807, 2.05) is 20.8 Å². The van der Waals surface area contributed by atoms with Crippen LogP contribution in [0.3, 0.4) is 0 Å². The zero-order chi connectivity index (χ0) is 27.2. The smallest absolute Gasteiger partial charge is 0.244 e. The first kappa shape index (κ1) is 30.4. The molecule has 0 radical (unpaired) electrons. The second-order valence-electron chi connectivity index (χ2n) is 8.70. The molecule has 0 aliphatic rings. The van der Waals surface area contributed by atoms with Gasteiger partial charge in [0.15, 0.2) is 0 Å². The summed E-state index contributed by atoms with van der Waals surface area (Å²) in [5, 5.41) is 3.72. The van der Waals surface area contributed by atoms with Gasteiger partial charge in [-0.1, -0.05) is 59.0 Å². The number of carbonyl (C=O) groups excluding carboxylic acids is 2. The van der Waals surface area contributed by atoms with Gasteiger partial charge in [0.2, 0.25) is 21.8 Å². The van der Waals surface area contributed by atoms with E-state index >= 15 is 0 Å². The SMILES string of the molecule is CCC(C)NC(=O)C(CC)N(Cc1ccc(Cl)cc1Cl)C(=O)CN(c1ccc(Br)c(C)c1)S(C)(=O)=O. The van der Waals surface area contributed by atoms with Gasteiger partial charge in [-0.25, -0.2) is 8.42 Å². The second kappa shape index (κ2) is 13.1. The van der Waals surface area contributed by atoms with Crippen molar-refractivity contribution >= 4 is 66.7 Å². The number of anilines is 1.